The first-order valence-electron chi connectivity index (χ1n) is 9.91. The molecule has 2 amide bonds. The van der Waals surface area contributed by atoms with E-state index in [2.05, 4.69) is 28.5 Å². The summed E-state index contributed by atoms with van der Waals surface area (Å²) in [6.07, 6.45) is 1.45. The predicted octanol–water partition coefficient (Wildman–Crippen LogP) is 2.77. The van der Waals surface area contributed by atoms with Gasteiger partial charge in [0, 0.05) is 62.7 Å². The summed E-state index contributed by atoms with van der Waals surface area (Å²) in [5.74, 6) is 0.347. The smallest absolute Gasteiger partial charge is 0.226 e. The van der Waals surface area contributed by atoms with Crippen molar-refractivity contribution in [1.82, 2.24) is 14.8 Å². The fourth-order valence-corrected chi connectivity index (χ4v) is 4.78. The van der Waals surface area contributed by atoms with E-state index in [-0.39, 0.29) is 11.8 Å². The Balaban J connectivity index is 1.43. The van der Waals surface area contributed by atoms with Gasteiger partial charge in [0.1, 0.15) is 5.01 Å². The molecule has 2 aromatic rings. The van der Waals surface area contributed by atoms with Crippen molar-refractivity contribution in [2.24, 2.45) is 0 Å². The molecular weight excluding hydrogens is 372 g/mol. The molecule has 1 aromatic heterocycles. The minimum Gasteiger partial charge on any atom is -0.340 e. The maximum Gasteiger partial charge on any atom is 0.226 e. The molecule has 0 unspecified atom stereocenters. The number of rotatable bonds is 4. The van der Waals surface area contributed by atoms with Crippen LogP contribution >= 0.6 is 11.3 Å². The number of piperazine rings is 1. The molecule has 1 saturated heterocycles. The number of thiazole rings is 1. The molecule has 0 spiro atoms. The predicted molar refractivity (Wildman–Crippen MR) is 111 cm³/mol. The number of carbonyl (C=O) groups is 2. The van der Waals surface area contributed by atoms with Gasteiger partial charge in [0.05, 0.1) is 12.2 Å². The lowest BCUT2D eigenvalue weighted by molar-refractivity contribution is -0.130. The van der Waals surface area contributed by atoms with Crippen LogP contribution in [0.3, 0.4) is 0 Å². The fraction of sp³-hybridized carbons (Fsp3) is 0.476. The van der Waals surface area contributed by atoms with Crippen LogP contribution in [-0.4, -0.2) is 59.3 Å². The molecule has 7 heteroatoms. The summed E-state index contributed by atoms with van der Waals surface area (Å²) < 4.78 is 0. The normalized spacial score (nSPS) is 17.1. The maximum atomic E-state index is 12.1. The van der Waals surface area contributed by atoms with E-state index in [9.17, 15) is 9.59 Å². The monoisotopic (exact) mass is 398 g/mol. The first-order chi connectivity index (χ1) is 13.5. The molecule has 6 nitrogen and oxygen atoms in total. The van der Waals surface area contributed by atoms with Crippen LogP contribution in [0.5, 0.6) is 0 Å². The van der Waals surface area contributed by atoms with Gasteiger partial charge >= 0.3 is 0 Å². The molecule has 148 valence electrons. The van der Waals surface area contributed by atoms with Gasteiger partial charge in [-0.25, -0.2) is 4.98 Å². The molecule has 0 atom stereocenters. The third kappa shape index (κ3) is 3.82. The highest BCUT2D eigenvalue weighted by atomic mass is 32.1. The summed E-state index contributed by atoms with van der Waals surface area (Å²) in [4.78, 5) is 34.5. The second-order valence-electron chi connectivity index (χ2n) is 7.40. The molecular formula is C21H26N4O2S. The SMILES string of the molecule is CCC(=O)N1CCc2cc(-c3csc(CN4CCN(C(C)=O)CC4)n3)ccc21. The van der Waals surface area contributed by atoms with Gasteiger partial charge in [-0.2, -0.15) is 0 Å². The summed E-state index contributed by atoms with van der Waals surface area (Å²) in [5.41, 5.74) is 4.41. The van der Waals surface area contributed by atoms with E-state index in [1.54, 1.807) is 18.3 Å². The lowest BCUT2D eigenvalue weighted by Crippen LogP contribution is -2.47. The summed E-state index contributed by atoms with van der Waals surface area (Å²) in [6, 6.07) is 6.32. The number of hydrogen-bond donors (Lipinski definition) is 0. The minimum absolute atomic E-state index is 0.159. The number of anilines is 1. The number of nitrogens with zero attached hydrogens (tertiary/aromatic N) is 4. The van der Waals surface area contributed by atoms with Gasteiger partial charge < -0.3 is 9.80 Å². The number of fused-ring (bicyclic) bond motifs is 1. The highest BCUT2D eigenvalue weighted by Gasteiger charge is 2.24. The maximum absolute atomic E-state index is 12.1. The van der Waals surface area contributed by atoms with Gasteiger partial charge in [-0.05, 0) is 24.1 Å². The van der Waals surface area contributed by atoms with E-state index in [0.717, 1.165) is 67.6 Å². The van der Waals surface area contributed by atoms with Crippen molar-refractivity contribution >= 4 is 28.8 Å². The first kappa shape index (κ1) is 19.1. The number of hydrogen-bond acceptors (Lipinski definition) is 5. The van der Waals surface area contributed by atoms with Crippen LogP contribution in [0.25, 0.3) is 11.3 Å². The average Bonchev–Trinajstić information content (AvgIpc) is 3.34. The zero-order valence-electron chi connectivity index (χ0n) is 16.5. The highest BCUT2D eigenvalue weighted by Crippen LogP contribution is 2.33. The molecule has 0 N–H and O–H groups in total. The van der Waals surface area contributed by atoms with Crippen LogP contribution in [0.2, 0.25) is 0 Å². The second kappa shape index (κ2) is 8.01. The van der Waals surface area contributed by atoms with E-state index < -0.39 is 0 Å². The molecule has 2 aliphatic heterocycles. The third-order valence-corrected chi connectivity index (χ3v) is 6.44. The van der Waals surface area contributed by atoms with Crippen LogP contribution in [-0.2, 0) is 22.6 Å². The molecule has 0 radical (unpaired) electrons. The quantitative estimate of drug-likeness (QED) is 0.795. The Morgan fingerprint density at radius 3 is 2.64 bits per heavy atom. The molecule has 0 saturated carbocycles. The molecule has 3 heterocycles. The summed E-state index contributed by atoms with van der Waals surface area (Å²) in [6.45, 7) is 8.54. The van der Waals surface area contributed by atoms with Gasteiger partial charge in [0.2, 0.25) is 11.8 Å². The molecule has 1 aromatic carbocycles. The van der Waals surface area contributed by atoms with E-state index in [1.807, 2.05) is 16.7 Å². The van der Waals surface area contributed by atoms with Crippen LogP contribution in [0, 0.1) is 0 Å². The van der Waals surface area contributed by atoms with Crippen LogP contribution < -0.4 is 4.90 Å². The summed E-state index contributed by atoms with van der Waals surface area (Å²) in [5, 5.41) is 3.22. The van der Waals surface area contributed by atoms with Crippen molar-refractivity contribution < 1.29 is 9.59 Å². The van der Waals surface area contributed by atoms with Crippen LogP contribution in [0.1, 0.15) is 30.8 Å². The van der Waals surface area contributed by atoms with Crippen molar-refractivity contribution in [2.45, 2.75) is 33.2 Å². The molecule has 4 rings (SSSR count). The lowest BCUT2D eigenvalue weighted by atomic mass is 10.1. The topological polar surface area (TPSA) is 56.8 Å². The van der Waals surface area contributed by atoms with Crippen molar-refractivity contribution in [3.63, 3.8) is 0 Å². The van der Waals surface area contributed by atoms with Gasteiger partial charge in [0.15, 0.2) is 0 Å². The molecule has 28 heavy (non-hydrogen) atoms. The largest absolute Gasteiger partial charge is 0.340 e. The highest BCUT2D eigenvalue weighted by molar-refractivity contribution is 7.09. The average molecular weight is 399 g/mol. The van der Waals surface area contributed by atoms with Crippen LogP contribution in [0.15, 0.2) is 23.6 Å². The van der Waals surface area contributed by atoms with Crippen molar-refractivity contribution in [1.29, 1.82) is 0 Å². The summed E-state index contributed by atoms with van der Waals surface area (Å²) in [7, 11) is 0. The number of amides is 2. The standard InChI is InChI=1S/C21H26N4O2S/c1-3-21(27)25-7-6-17-12-16(4-5-19(17)25)18-14-28-20(22-18)13-23-8-10-24(11-9-23)15(2)26/h4-5,12,14H,3,6-11,13H2,1-2H3. The number of aromatic nitrogens is 1. The van der Waals surface area contributed by atoms with Gasteiger partial charge in [0.25, 0.3) is 0 Å². The molecule has 1 fully saturated rings. The Morgan fingerprint density at radius 2 is 1.93 bits per heavy atom. The van der Waals surface area contributed by atoms with Crippen LogP contribution in [0.4, 0.5) is 5.69 Å². The van der Waals surface area contributed by atoms with Gasteiger partial charge in [-0.3, -0.25) is 14.5 Å². The van der Waals surface area contributed by atoms with Crippen molar-refractivity contribution in [3.05, 3.63) is 34.2 Å². The lowest BCUT2D eigenvalue weighted by Gasteiger charge is -2.33. The van der Waals surface area contributed by atoms with Crippen molar-refractivity contribution in [3.8, 4) is 11.3 Å². The third-order valence-electron chi connectivity index (χ3n) is 5.60. The second-order valence-corrected chi connectivity index (χ2v) is 8.34. The Bertz CT molecular complexity index is 886. The Labute approximate surface area is 169 Å². The molecule has 2 aliphatic rings. The number of carbonyl (C=O) groups excluding carboxylic acids is 2. The zero-order chi connectivity index (χ0) is 19.7. The van der Waals surface area contributed by atoms with Gasteiger partial charge in [-0.1, -0.05) is 13.0 Å². The summed E-state index contributed by atoms with van der Waals surface area (Å²) >= 11 is 1.69. The van der Waals surface area contributed by atoms with E-state index >= 15 is 0 Å². The minimum atomic E-state index is 0.159. The fourth-order valence-electron chi connectivity index (χ4n) is 3.94. The van der Waals surface area contributed by atoms with E-state index in [0.29, 0.717) is 6.42 Å². The van der Waals surface area contributed by atoms with Gasteiger partial charge in [-0.15, -0.1) is 11.3 Å². The molecule has 0 bridgehead atoms. The van der Waals surface area contributed by atoms with E-state index in [1.165, 1.54) is 5.56 Å². The van der Waals surface area contributed by atoms with Crippen molar-refractivity contribution in [2.75, 3.05) is 37.6 Å². The first-order valence-corrected chi connectivity index (χ1v) is 10.8. The Hall–Kier alpha value is -2.25. The zero-order valence-corrected chi connectivity index (χ0v) is 17.3. The molecule has 0 aliphatic carbocycles. The van der Waals surface area contributed by atoms with E-state index in [4.69, 9.17) is 4.98 Å². The number of benzene rings is 1. The Kier molecular flexibility index (Phi) is 5.46. The Morgan fingerprint density at radius 1 is 1.14 bits per heavy atom.